The fourth-order valence-electron chi connectivity index (χ4n) is 2.42. The van der Waals surface area contributed by atoms with E-state index in [0.717, 1.165) is 23.2 Å². The molecule has 3 rings (SSSR count). The summed E-state index contributed by atoms with van der Waals surface area (Å²) < 4.78 is 20.9. The summed E-state index contributed by atoms with van der Waals surface area (Å²) in [6, 6.07) is 14.8. The number of rotatable bonds is 5. The number of anilines is 1. The van der Waals surface area contributed by atoms with Crippen molar-refractivity contribution >= 4 is 16.6 Å². The molecule has 0 aliphatic carbocycles. The van der Waals surface area contributed by atoms with Crippen LogP contribution in [0.4, 0.5) is 10.1 Å². The topological polar surface area (TPSA) is 26.2 Å². The molecule has 0 fully saturated rings. The summed E-state index contributed by atoms with van der Waals surface area (Å²) in [6.07, 6.45) is 2.03. The molecule has 0 atom stereocenters. The molecule has 108 valence electrons. The van der Waals surface area contributed by atoms with E-state index in [9.17, 15) is 4.39 Å². The molecule has 0 bridgehead atoms. The summed E-state index contributed by atoms with van der Waals surface area (Å²) in [5.41, 5.74) is 1.68. The second-order valence-corrected chi connectivity index (χ2v) is 4.84. The van der Waals surface area contributed by atoms with Crippen molar-refractivity contribution in [2.45, 2.75) is 6.54 Å². The number of benzene rings is 2. The van der Waals surface area contributed by atoms with E-state index in [-0.39, 0.29) is 5.82 Å². The van der Waals surface area contributed by atoms with Crippen molar-refractivity contribution in [3.63, 3.8) is 0 Å². The van der Waals surface area contributed by atoms with Crippen LogP contribution in [-0.4, -0.2) is 18.2 Å². The Morgan fingerprint density at radius 2 is 2.00 bits per heavy atom. The minimum atomic E-state index is -0.223. The summed E-state index contributed by atoms with van der Waals surface area (Å²) in [6.45, 7) is 1.43. The van der Waals surface area contributed by atoms with Crippen LogP contribution in [0.25, 0.3) is 10.9 Å². The van der Waals surface area contributed by atoms with Gasteiger partial charge in [-0.15, -0.1) is 0 Å². The van der Waals surface area contributed by atoms with Gasteiger partial charge < -0.3 is 14.6 Å². The molecule has 2 aromatic carbocycles. The van der Waals surface area contributed by atoms with Crippen LogP contribution in [0.2, 0.25) is 0 Å². The van der Waals surface area contributed by atoms with Crippen LogP contribution in [0, 0.1) is 5.82 Å². The molecule has 4 heteroatoms. The lowest BCUT2D eigenvalue weighted by atomic mass is 10.2. The van der Waals surface area contributed by atoms with Crippen molar-refractivity contribution < 1.29 is 9.13 Å². The summed E-state index contributed by atoms with van der Waals surface area (Å²) in [5.74, 6) is 0.629. The number of nitrogens with zero attached hydrogens (tertiary/aromatic N) is 1. The van der Waals surface area contributed by atoms with E-state index >= 15 is 0 Å². The van der Waals surface area contributed by atoms with Crippen LogP contribution >= 0.6 is 0 Å². The van der Waals surface area contributed by atoms with E-state index in [1.807, 2.05) is 30.5 Å². The Labute approximate surface area is 123 Å². The zero-order valence-corrected chi connectivity index (χ0v) is 11.8. The Bertz CT molecular complexity index is 751. The van der Waals surface area contributed by atoms with E-state index in [2.05, 4.69) is 16.0 Å². The maximum absolute atomic E-state index is 13.5. The van der Waals surface area contributed by atoms with Gasteiger partial charge in [-0.1, -0.05) is 12.1 Å². The van der Waals surface area contributed by atoms with Gasteiger partial charge in [0.2, 0.25) is 0 Å². The number of ether oxygens (including phenoxy) is 1. The van der Waals surface area contributed by atoms with E-state index in [4.69, 9.17) is 4.74 Å². The van der Waals surface area contributed by atoms with Gasteiger partial charge in [0.15, 0.2) is 0 Å². The number of aromatic nitrogens is 1. The van der Waals surface area contributed by atoms with Gasteiger partial charge in [-0.05, 0) is 36.4 Å². The highest BCUT2D eigenvalue weighted by Gasteiger charge is 2.03. The Morgan fingerprint density at radius 3 is 2.81 bits per heavy atom. The molecule has 1 N–H and O–H groups in total. The first-order valence-electron chi connectivity index (χ1n) is 6.89. The van der Waals surface area contributed by atoms with E-state index in [0.29, 0.717) is 12.2 Å². The van der Waals surface area contributed by atoms with Gasteiger partial charge in [-0.25, -0.2) is 4.39 Å². The second-order valence-electron chi connectivity index (χ2n) is 4.84. The number of halogens is 1. The third kappa shape index (κ3) is 2.84. The lowest BCUT2D eigenvalue weighted by Gasteiger charge is -2.09. The van der Waals surface area contributed by atoms with Gasteiger partial charge in [0.1, 0.15) is 11.6 Å². The van der Waals surface area contributed by atoms with Crippen LogP contribution in [0.3, 0.4) is 0 Å². The molecule has 0 saturated heterocycles. The first-order chi connectivity index (χ1) is 10.3. The minimum absolute atomic E-state index is 0.223. The van der Waals surface area contributed by atoms with Gasteiger partial charge in [-0.2, -0.15) is 0 Å². The normalized spacial score (nSPS) is 10.8. The minimum Gasteiger partial charge on any atom is -0.497 e. The number of fused-ring (bicyclic) bond motifs is 1. The number of nitrogens with one attached hydrogen (secondary N) is 1. The van der Waals surface area contributed by atoms with Crippen LogP contribution in [0.5, 0.6) is 5.75 Å². The largest absolute Gasteiger partial charge is 0.497 e. The fraction of sp³-hybridized carbons (Fsp3) is 0.176. The quantitative estimate of drug-likeness (QED) is 0.769. The summed E-state index contributed by atoms with van der Waals surface area (Å²) in [7, 11) is 1.66. The van der Waals surface area contributed by atoms with Gasteiger partial charge in [0.25, 0.3) is 0 Å². The first-order valence-corrected chi connectivity index (χ1v) is 6.89. The second kappa shape index (κ2) is 5.87. The third-order valence-corrected chi connectivity index (χ3v) is 3.52. The molecule has 0 unspecified atom stereocenters. The highest BCUT2D eigenvalue weighted by molar-refractivity contribution is 5.81. The molecule has 0 amide bonds. The number of hydrogen-bond donors (Lipinski definition) is 1. The fourth-order valence-corrected chi connectivity index (χ4v) is 2.42. The molecule has 0 radical (unpaired) electrons. The molecule has 0 spiro atoms. The Morgan fingerprint density at radius 1 is 1.14 bits per heavy atom. The van der Waals surface area contributed by atoms with Crippen molar-refractivity contribution in [2.24, 2.45) is 0 Å². The average Bonchev–Trinajstić information content (AvgIpc) is 2.91. The molecule has 3 aromatic rings. The smallest absolute Gasteiger partial charge is 0.146 e. The molecule has 3 nitrogen and oxygen atoms in total. The lowest BCUT2D eigenvalue weighted by molar-refractivity contribution is 0.415. The molecule has 21 heavy (non-hydrogen) atoms. The number of para-hydroxylation sites is 1. The zero-order valence-electron chi connectivity index (χ0n) is 11.8. The van der Waals surface area contributed by atoms with Crippen molar-refractivity contribution in [3.8, 4) is 5.75 Å². The summed E-state index contributed by atoms with van der Waals surface area (Å²) >= 11 is 0. The number of hydrogen-bond acceptors (Lipinski definition) is 2. The maximum atomic E-state index is 13.5. The molecule has 0 saturated carbocycles. The van der Waals surface area contributed by atoms with Crippen LogP contribution in [0.1, 0.15) is 0 Å². The molecule has 1 heterocycles. The van der Waals surface area contributed by atoms with Crippen LogP contribution in [0.15, 0.2) is 54.7 Å². The molecule has 0 aliphatic heterocycles. The van der Waals surface area contributed by atoms with Gasteiger partial charge in [-0.3, -0.25) is 0 Å². The van der Waals surface area contributed by atoms with E-state index in [1.165, 1.54) is 6.07 Å². The predicted octanol–water partition coefficient (Wildman–Crippen LogP) is 3.90. The molecule has 1 aromatic heterocycles. The molecule has 0 aliphatic rings. The predicted molar refractivity (Wildman–Crippen MR) is 83.4 cm³/mol. The monoisotopic (exact) mass is 284 g/mol. The first kappa shape index (κ1) is 13.5. The van der Waals surface area contributed by atoms with Crippen LogP contribution in [-0.2, 0) is 6.54 Å². The van der Waals surface area contributed by atoms with Crippen LogP contribution < -0.4 is 10.1 Å². The molecular formula is C17H17FN2O. The SMILES string of the molecule is COc1ccc2c(ccn2CCNc2ccccc2F)c1. The van der Waals surface area contributed by atoms with Gasteiger partial charge in [0, 0.05) is 30.2 Å². The lowest BCUT2D eigenvalue weighted by Crippen LogP contribution is -2.10. The van der Waals surface area contributed by atoms with E-state index < -0.39 is 0 Å². The Kier molecular flexibility index (Phi) is 3.77. The maximum Gasteiger partial charge on any atom is 0.146 e. The van der Waals surface area contributed by atoms with Crippen molar-refractivity contribution in [1.82, 2.24) is 4.57 Å². The van der Waals surface area contributed by atoms with Crippen molar-refractivity contribution in [2.75, 3.05) is 19.0 Å². The standard InChI is InChI=1S/C17H17FN2O/c1-21-14-6-7-17-13(12-14)8-10-20(17)11-9-19-16-5-3-2-4-15(16)18/h2-8,10,12,19H,9,11H2,1H3. The van der Waals surface area contributed by atoms with Gasteiger partial charge in [0.05, 0.1) is 12.8 Å². The third-order valence-electron chi connectivity index (χ3n) is 3.52. The Hall–Kier alpha value is -2.49. The summed E-state index contributed by atoms with van der Waals surface area (Å²) in [4.78, 5) is 0. The highest BCUT2D eigenvalue weighted by atomic mass is 19.1. The zero-order chi connectivity index (χ0) is 14.7. The number of methoxy groups -OCH3 is 1. The van der Waals surface area contributed by atoms with Gasteiger partial charge >= 0.3 is 0 Å². The van der Waals surface area contributed by atoms with Crippen molar-refractivity contribution in [1.29, 1.82) is 0 Å². The Balaban J connectivity index is 1.70. The average molecular weight is 284 g/mol. The van der Waals surface area contributed by atoms with Crippen molar-refractivity contribution in [3.05, 3.63) is 60.5 Å². The summed E-state index contributed by atoms with van der Waals surface area (Å²) in [5, 5.41) is 4.26. The molecular weight excluding hydrogens is 267 g/mol. The van der Waals surface area contributed by atoms with E-state index in [1.54, 1.807) is 19.2 Å². The highest BCUT2D eigenvalue weighted by Crippen LogP contribution is 2.21.